The van der Waals surface area contributed by atoms with Crippen molar-refractivity contribution in [2.45, 2.75) is 13.2 Å². The largest absolute Gasteiger partial charge is 0.454 e. The second-order valence-corrected chi connectivity index (χ2v) is 6.92. The van der Waals surface area contributed by atoms with E-state index in [9.17, 15) is 19.7 Å². The second kappa shape index (κ2) is 8.00. The first kappa shape index (κ1) is 20.1. The Bertz CT molecular complexity index is 1570. The molecule has 3 aromatic heterocycles. The Balaban J connectivity index is 1.26. The maximum Gasteiger partial charge on any atom is 0.326 e. The maximum atomic E-state index is 12.7. The number of fused-ring (bicyclic) bond motifs is 3. The van der Waals surface area contributed by atoms with Crippen molar-refractivity contribution >= 4 is 33.7 Å². The molecule has 3 heterocycles. The lowest BCUT2D eigenvalue weighted by molar-refractivity contribution is -0.384. The molecule has 0 saturated carbocycles. The number of non-ortho nitro benzene ring substituents is 1. The van der Waals surface area contributed by atoms with Crippen molar-refractivity contribution in [3.8, 4) is 11.5 Å². The minimum absolute atomic E-state index is 0.0231. The maximum absolute atomic E-state index is 12.7. The van der Waals surface area contributed by atoms with Gasteiger partial charge in [0.05, 0.1) is 11.3 Å². The molecule has 0 spiro atoms. The van der Waals surface area contributed by atoms with E-state index in [1.807, 2.05) is 6.07 Å². The number of nitrogens with zero attached hydrogens (tertiary/aromatic N) is 5. The van der Waals surface area contributed by atoms with Crippen LogP contribution in [0.1, 0.15) is 5.89 Å². The number of nitro groups is 1. The lowest BCUT2D eigenvalue weighted by Gasteiger charge is -2.04. The summed E-state index contributed by atoms with van der Waals surface area (Å²) in [7, 11) is 0. The van der Waals surface area contributed by atoms with Crippen molar-refractivity contribution in [1.82, 2.24) is 19.7 Å². The molecule has 0 saturated heterocycles. The van der Waals surface area contributed by atoms with Crippen molar-refractivity contribution in [2.75, 3.05) is 0 Å². The molecule has 12 heteroatoms. The number of hydrogen-bond acceptors (Lipinski definition) is 10. The third kappa shape index (κ3) is 3.80. The van der Waals surface area contributed by atoms with Crippen LogP contribution in [0.5, 0.6) is 0 Å². The summed E-state index contributed by atoms with van der Waals surface area (Å²) in [6, 6.07) is 12.7. The van der Waals surface area contributed by atoms with Crippen molar-refractivity contribution in [3.05, 3.63) is 81.2 Å². The van der Waals surface area contributed by atoms with Gasteiger partial charge in [-0.2, -0.15) is 0 Å². The molecule has 0 amide bonds. The molecule has 0 unspecified atom stereocenters. The number of furan rings is 1. The summed E-state index contributed by atoms with van der Waals surface area (Å²) in [6.45, 7) is -0.698. The lowest BCUT2D eigenvalue weighted by Crippen LogP contribution is -2.25. The van der Waals surface area contributed by atoms with E-state index in [2.05, 4.69) is 15.2 Å². The number of aromatic nitrogens is 4. The molecule has 0 aliphatic carbocycles. The van der Waals surface area contributed by atoms with E-state index in [0.717, 1.165) is 4.57 Å². The first-order valence-electron chi connectivity index (χ1n) is 9.59. The molecule has 5 rings (SSSR count). The van der Waals surface area contributed by atoms with E-state index in [4.69, 9.17) is 13.6 Å². The lowest BCUT2D eigenvalue weighted by atomic mass is 10.2. The van der Waals surface area contributed by atoms with Crippen molar-refractivity contribution in [1.29, 1.82) is 0 Å². The molecule has 0 aliphatic rings. The van der Waals surface area contributed by atoms with Gasteiger partial charge in [-0.25, -0.2) is 4.98 Å². The summed E-state index contributed by atoms with van der Waals surface area (Å²) in [6.07, 6.45) is 1.26. The summed E-state index contributed by atoms with van der Waals surface area (Å²) in [5.41, 5.74) is 0.894. The van der Waals surface area contributed by atoms with E-state index in [1.54, 1.807) is 18.2 Å². The first-order chi connectivity index (χ1) is 16.0. The highest BCUT2D eigenvalue weighted by Crippen LogP contribution is 2.24. The van der Waals surface area contributed by atoms with Crippen LogP contribution in [0.3, 0.4) is 0 Å². The molecule has 0 bridgehead atoms. The fourth-order valence-corrected chi connectivity index (χ4v) is 3.21. The predicted molar refractivity (Wildman–Crippen MR) is 112 cm³/mol. The average Bonchev–Trinajstić information content (AvgIpc) is 3.45. The first-order valence-corrected chi connectivity index (χ1v) is 9.59. The minimum Gasteiger partial charge on any atom is -0.454 e. The number of carbonyl (C=O) groups is 1. The molecule has 0 atom stereocenters. The Hall–Kier alpha value is -4.87. The average molecular weight is 447 g/mol. The highest BCUT2D eigenvalue weighted by molar-refractivity contribution is 6.01. The molecule has 0 fully saturated rings. The van der Waals surface area contributed by atoms with E-state index < -0.39 is 16.5 Å². The van der Waals surface area contributed by atoms with Crippen molar-refractivity contribution in [2.24, 2.45) is 0 Å². The topological polar surface area (TPSA) is 156 Å². The standard InChI is InChI=1S/C21H13N5O7/c27-17(9-25-11-22-18-14-3-1-2-4-15(14)32-19(18)21(25)28)31-10-16-23-24-20(33-16)12-5-7-13(8-6-12)26(29)30/h1-8,11H,9-10H2. The van der Waals surface area contributed by atoms with Gasteiger partial charge in [0.1, 0.15) is 17.6 Å². The number of esters is 1. The summed E-state index contributed by atoms with van der Waals surface area (Å²) >= 11 is 0. The van der Waals surface area contributed by atoms with Gasteiger partial charge in [0.15, 0.2) is 6.61 Å². The molecule has 5 aromatic rings. The summed E-state index contributed by atoms with van der Waals surface area (Å²) in [5.74, 6) is -0.578. The smallest absolute Gasteiger partial charge is 0.326 e. The Morgan fingerprint density at radius 2 is 1.88 bits per heavy atom. The Kier molecular flexibility index (Phi) is 4.86. The van der Waals surface area contributed by atoms with Gasteiger partial charge in [-0.1, -0.05) is 12.1 Å². The zero-order valence-electron chi connectivity index (χ0n) is 16.7. The number of rotatable bonds is 6. The van der Waals surface area contributed by atoms with Crippen LogP contribution in [0.25, 0.3) is 33.5 Å². The number of ether oxygens (including phenoxy) is 1. The minimum atomic E-state index is -0.718. The molecule has 33 heavy (non-hydrogen) atoms. The van der Waals surface area contributed by atoms with Crippen molar-refractivity contribution < 1.29 is 23.3 Å². The van der Waals surface area contributed by atoms with Gasteiger partial charge in [0, 0.05) is 23.1 Å². The third-order valence-electron chi connectivity index (χ3n) is 4.80. The van der Waals surface area contributed by atoms with Crippen molar-refractivity contribution in [3.63, 3.8) is 0 Å². The highest BCUT2D eigenvalue weighted by atomic mass is 16.6. The summed E-state index contributed by atoms with van der Waals surface area (Å²) in [4.78, 5) is 39.4. The van der Waals surface area contributed by atoms with Gasteiger partial charge in [-0.15, -0.1) is 10.2 Å². The zero-order chi connectivity index (χ0) is 22.9. The van der Waals surface area contributed by atoms with Gasteiger partial charge >= 0.3 is 5.97 Å². The predicted octanol–water partition coefficient (Wildman–Crippen LogP) is 2.84. The molecule has 2 aromatic carbocycles. The van der Waals surface area contributed by atoms with Crippen LogP contribution in [0.15, 0.2) is 68.5 Å². The van der Waals surface area contributed by atoms with E-state index >= 15 is 0 Å². The quantitative estimate of drug-likeness (QED) is 0.215. The molecule has 0 radical (unpaired) electrons. The number of nitro benzene ring substituents is 1. The fraction of sp³-hybridized carbons (Fsp3) is 0.0952. The monoisotopic (exact) mass is 447 g/mol. The highest BCUT2D eigenvalue weighted by Gasteiger charge is 2.16. The molecule has 0 aliphatic heterocycles. The SMILES string of the molecule is O=C(Cn1cnc2c(oc3ccccc32)c1=O)OCc1nnc(-c2ccc([N+](=O)[O-])cc2)o1. The molecular formula is C21H13N5O7. The van der Waals surface area contributed by atoms with E-state index in [-0.39, 0.29) is 36.2 Å². The van der Waals surface area contributed by atoms with Gasteiger partial charge in [-0.3, -0.25) is 24.3 Å². The van der Waals surface area contributed by atoms with E-state index in [0.29, 0.717) is 22.0 Å². The Labute approximate surface area is 183 Å². The van der Waals surface area contributed by atoms with Crippen LogP contribution in [0.2, 0.25) is 0 Å². The van der Waals surface area contributed by atoms with Crippen LogP contribution in [0, 0.1) is 10.1 Å². The molecule has 12 nitrogen and oxygen atoms in total. The summed E-state index contributed by atoms with van der Waals surface area (Å²) < 4.78 is 17.2. The van der Waals surface area contributed by atoms with Crippen LogP contribution in [0.4, 0.5) is 5.69 Å². The number of para-hydroxylation sites is 1. The van der Waals surface area contributed by atoms with E-state index in [1.165, 1.54) is 30.6 Å². The Morgan fingerprint density at radius 1 is 1.09 bits per heavy atom. The van der Waals surface area contributed by atoms with Gasteiger partial charge in [-0.05, 0) is 24.3 Å². The molecular weight excluding hydrogens is 434 g/mol. The summed E-state index contributed by atoms with van der Waals surface area (Å²) in [5, 5.41) is 19.1. The Morgan fingerprint density at radius 3 is 2.67 bits per heavy atom. The third-order valence-corrected chi connectivity index (χ3v) is 4.80. The molecule has 0 N–H and O–H groups in total. The number of hydrogen-bond donors (Lipinski definition) is 0. The van der Waals surface area contributed by atoms with Crippen LogP contribution >= 0.6 is 0 Å². The number of benzene rings is 2. The normalized spacial score (nSPS) is 11.2. The van der Waals surface area contributed by atoms with Gasteiger partial charge < -0.3 is 13.6 Å². The van der Waals surface area contributed by atoms with Crippen LogP contribution < -0.4 is 5.56 Å². The zero-order valence-corrected chi connectivity index (χ0v) is 16.7. The molecule has 164 valence electrons. The van der Waals surface area contributed by atoms with Crippen LogP contribution in [-0.4, -0.2) is 30.6 Å². The fourth-order valence-electron chi connectivity index (χ4n) is 3.21. The van der Waals surface area contributed by atoms with Crippen LogP contribution in [-0.2, 0) is 22.7 Å². The van der Waals surface area contributed by atoms with Gasteiger partial charge in [0.25, 0.3) is 17.1 Å². The second-order valence-electron chi connectivity index (χ2n) is 6.92. The van der Waals surface area contributed by atoms with Gasteiger partial charge in [0.2, 0.25) is 11.5 Å². The number of carbonyl (C=O) groups excluding carboxylic acids is 1.